The number of rotatable bonds is 5. The number of nitrogens with one attached hydrogen (secondary N) is 1. The fourth-order valence-electron chi connectivity index (χ4n) is 4.90. The minimum absolute atomic E-state index is 0.0418. The van der Waals surface area contributed by atoms with Gasteiger partial charge in [0.05, 0.1) is 11.3 Å². The highest BCUT2D eigenvalue weighted by atomic mass is 32.2. The standard InChI is InChI=1S/C25H25F4N5O2S/c1-16-5-2-3-6-19(16)24-20(25(27,28)29)9-10-21(30-24)32-37(35,36)23-8-4-7-22(31-23)34-12-11-33-14-17(26)13-18(33)15-34/h2-10,17-18H,11-15H2,1H3,(H,30,32)/t17-,18-/m0/s1. The predicted octanol–water partition coefficient (Wildman–Crippen LogP) is 4.50. The second kappa shape index (κ2) is 9.56. The maximum Gasteiger partial charge on any atom is 0.418 e. The SMILES string of the molecule is Cc1ccccc1-c1nc(NS(=O)(=O)c2cccc(N3CCN4C[C@@H](F)C[C@H]4C3)n2)ccc1C(F)(F)F. The van der Waals surface area contributed by atoms with E-state index >= 15 is 0 Å². The Kier molecular flexibility index (Phi) is 6.57. The van der Waals surface area contributed by atoms with Gasteiger partial charge in [-0.2, -0.15) is 21.6 Å². The highest BCUT2D eigenvalue weighted by Crippen LogP contribution is 2.38. The molecule has 3 aromatic rings. The van der Waals surface area contributed by atoms with Crippen LogP contribution in [0.5, 0.6) is 0 Å². The van der Waals surface area contributed by atoms with Crippen LogP contribution in [0.15, 0.2) is 59.6 Å². The topological polar surface area (TPSA) is 78.4 Å². The number of benzene rings is 1. The van der Waals surface area contributed by atoms with Crippen LogP contribution in [0, 0.1) is 6.92 Å². The van der Waals surface area contributed by atoms with E-state index in [0.717, 1.165) is 12.1 Å². The molecule has 5 rings (SSSR count). The van der Waals surface area contributed by atoms with E-state index in [1.165, 1.54) is 12.1 Å². The molecule has 0 saturated carbocycles. The van der Waals surface area contributed by atoms with Gasteiger partial charge in [0.25, 0.3) is 10.0 Å². The molecule has 4 heterocycles. The Bertz CT molecular complexity index is 1420. The van der Waals surface area contributed by atoms with Crippen LogP contribution in [-0.2, 0) is 16.2 Å². The summed E-state index contributed by atoms with van der Waals surface area (Å²) in [5.41, 5.74) is -0.520. The third-order valence-corrected chi connectivity index (χ3v) is 7.97. The number of fused-ring (bicyclic) bond motifs is 1. The lowest BCUT2D eigenvalue weighted by Gasteiger charge is -2.37. The average molecular weight is 536 g/mol. The summed E-state index contributed by atoms with van der Waals surface area (Å²) in [5, 5.41) is -0.290. The largest absolute Gasteiger partial charge is 0.418 e. The number of alkyl halides is 4. The Hall–Kier alpha value is -3.25. The molecule has 0 spiro atoms. The summed E-state index contributed by atoms with van der Waals surface area (Å²) in [6.07, 6.45) is -5.11. The number of hydrogen-bond acceptors (Lipinski definition) is 6. The maximum atomic E-state index is 13.8. The van der Waals surface area contributed by atoms with E-state index in [1.807, 2.05) is 4.90 Å². The molecular weight excluding hydrogens is 510 g/mol. The van der Waals surface area contributed by atoms with E-state index in [2.05, 4.69) is 19.6 Å². The number of nitrogens with zero attached hydrogens (tertiary/aromatic N) is 4. The van der Waals surface area contributed by atoms with Crippen molar-refractivity contribution in [2.24, 2.45) is 0 Å². The van der Waals surface area contributed by atoms with Crippen molar-refractivity contribution in [3.05, 3.63) is 65.7 Å². The molecule has 2 fully saturated rings. The third kappa shape index (κ3) is 5.26. The van der Waals surface area contributed by atoms with E-state index in [0.29, 0.717) is 44.0 Å². The molecule has 2 aliphatic heterocycles. The summed E-state index contributed by atoms with van der Waals surface area (Å²) in [5.74, 6) is 0.179. The zero-order valence-electron chi connectivity index (χ0n) is 19.9. The third-order valence-electron chi connectivity index (χ3n) is 6.71. The molecule has 0 amide bonds. The van der Waals surface area contributed by atoms with Crippen molar-refractivity contribution in [3.8, 4) is 11.3 Å². The highest BCUT2D eigenvalue weighted by Gasteiger charge is 2.37. The van der Waals surface area contributed by atoms with Crippen molar-refractivity contribution >= 4 is 21.7 Å². The number of hydrogen-bond donors (Lipinski definition) is 1. The normalized spacial score (nSPS) is 20.6. The number of pyridine rings is 2. The summed E-state index contributed by atoms with van der Waals surface area (Å²) in [4.78, 5) is 12.4. The van der Waals surface area contributed by atoms with E-state index in [-0.39, 0.29) is 28.1 Å². The summed E-state index contributed by atoms with van der Waals surface area (Å²) in [6.45, 7) is 3.83. The predicted molar refractivity (Wildman–Crippen MR) is 132 cm³/mol. The number of sulfonamides is 1. The van der Waals surface area contributed by atoms with Gasteiger partial charge in [0, 0.05) is 37.8 Å². The first-order valence-electron chi connectivity index (χ1n) is 11.8. The zero-order valence-corrected chi connectivity index (χ0v) is 20.7. The summed E-state index contributed by atoms with van der Waals surface area (Å²) < 4.78 is 83.5. The number of anilines is 2. The first-order valence-corrected chi connectivity index (χ1v) is 13.3. The van der Waals surface area contributed by atoms with Gasteiger partial charge in [-0.1, -0.05) is 30.3 Å². The van der Waals surface area contributed by atoms with Gasteiger partial charge in [0.2, 0.25) is 0 Å². The zero-order chi connectivity index (χ0) is 26.4. The molecule has 0 unspecified atom stereocenters. The van der Waals surface area contributed by atoms with Crippen molar-refractivity contribution in [2.45, 2.75) is 36.8 Å². The van der Waals surface area contributed by atoms with Crippen LogP contribution in [-0.4, -0.2) is 61.7 Å². The Labute approximate surface area is 212 Å². The van der Waals surface area contributed by atoms with Crippen LogP contribution in [0.3, 0.4) is 0 Å². The summed E-state index contributed by atoms with van der Waals surface area (Å²) in [6, 6.07) is 12.8. The van der Waals surface area contributed by atoms with Crippen LogP contribution < -0.4 is 9.62 Å². The molecule has 1 N–H and O–H groups in total. The Balaban J connectivity index is 1.42. The highest BCUT2D eigenvalue weighted by molar-refractivity contribution is 7.92. The molecule has 0 aliphatic carbocycles. The summed E-state index contributed by atoms with van der Waals surface area (Å²) in [7, 11) is -4.26. The van der Waals surface area contributed by atoms with E-state index in [1.54, 1.807) is 37.3 Å². The fraction of sp³-hybridized carbons (Fsp3) is 0.360. The maximum absolute atomic E-state index is 13.8. The smallest absolute Gasteiger partial charge is 0.354 e. The van der Waals surface area contributed by atoms with Gasteiger partial charge in [-0.15, -0.1) is 0 Å². The lowest BCUT2D eigenvalue weighted by Crippen LogP contribution is -2.50. The van der Waals surface area contributed by atoms with Gasteiger partial charge >= 0.3 is 6.18 Å². The molecule has 12 heteroatoms. The fourth-order valence-corrected chi connectivity index (χ4v) is 5.86. The molecule has 0 radical (unpaired) electrons. The van der Waals surface area contributed by atoms with Gasteiger partial charge in [-0.25, -0.2) is 14.4 Å². The van der Waals surface area contributed by atoms with Crippen LogP contribution in [0.25, 0.3) is 11.3 Å². The second-order valence-electron chi connectivity index (χ2n) is 9.27. The van der Waals surface area contributed by atoms with Crippen LogP contribution in [0.1, 0.15) is 17.5 Å². The van der Waals surface area contributed by atoms with Crippen molar-refractivity contribution in [2.75, 3.05) is 35.8 Å². The molecular formula is C25H25F4N5O2S. The first kappa shape index (κ1) is 25.4. The van der Waals surface area contributed by atoms with Gasteiger partial charge in [0.15, 0.2) is 5.03 Å². The molecule has 196 valence electrons. The minimum Gasteiger partial charge on any atom is -0.354 e. The Morgan fingerprint density at radius 2 is 1.76 bits per heavy atom. The van der Waals surface area contributed by atoms with Gasteiger partial charge in [-0.05, 0) is 43.2 Å². The van der Waals surface area contributed by atoms with E-state index in [4.69, 9.17) is 0 Å². The summed E-state index contributed by atoms with van der Waals surface area (Å²) >= 11 is 0. The van der Waals surface area contributed by atoms with E-state index in [9.17, 15) is 26.0 Å². The van der Waals surface area contributed by atoms with Crippen molar-refractivity contribution in [3.63, 3.8) is 0 Å². The monoisotopic (exact) mass is 535 g/mol. The molecule has 2 atom stereocenters. The van der Waals surface area contributed by atoms with Crippen molar-refractivity contribution < 1.29 is 26.0 Å². The minimum atomic E-state index is -4.68. The van der Waals surface area contributed by atoms with Crippen LogP contribution in [0.2, 0.25) is 0 Å². The number of aromatic nitrogens is 2. The molecule has 1 aromatic carbocycles. The molecule has 7 nitrogen and oxygen atoms in total. The second-order valence-corrected chi connectivity index (χ2v) is 10.9. The van der Waals surface area contributed by atoms with Gasteiger partial charge in [-0.3, -0.25) is 9.62 Å². The molecule has 0 bridgehead atoms. The lowest BCUT2D eigenvalue weighted by atomic mass is 10.0. The van der Waals surface area contributed by atoms with E-state index < -0.39 is 27.9 Å². The lowest BCUT2D eigenvalue weighted by molar-refractivity contribution is -0.137. The van der Waals surface area contributed by atoms with Crippen molar-refractivity contribution in [1.82, 2.24) is 14.9 Å². The van der Waals surface area contributed by atoms with Crippen molar-refractivity contribution in [1.29, 1.82) is 0 Å². The molecule has 2 saturated heterocycles. The number of aryl methyl sites for hydroxylation is 1. The average Bonchev–Trinajstić information content (AvgIpc) is 3.22. The number of halogens is 4. The Morgan fingerprint density at radius 3 is 2.51 bits per heavy atom. The first-order chi connectivity index (χ1) is 17.5. The quantitative estimate of drug-likeness (QED) is 0.485. The molecule has 2 aliphatic rings. The molecule has 37 heavy (non-hydrogen) atoms. The van der Waals surface area contributed by atoms with Gasteiger partial charge in [0.1, 0.15) is 17.8 Å². The molecule has 2 aromatic heterocycles. The van der Waals surface area contributed by atoms with Crippen LogP contribution >= 0.6 is 0 Å². The Morgan fingerprint density at radius 1 is 0.973 bits per heavy atom. The van der Waals surface area contributed by atoms with Crippen LogP contribution in [0.4, 0.5) is 29.2 Å². The number of piperazine rings is 1. The van der Waals surface area contributed by atoms with Gasteiger partial charge < -0.3 is 4.90 Å².